The summed E-state index contributed by atoms with van der Waals surface area (Å²) in [6.07, 6.45) is 5.54. The Labute approximate surface area is 134 Å². The molecule has 0 spiro atoms. The van der Waals surface area contributed by atoms with Crippen LogP contribution in [0.1, 0.15) is 57.2 Å². The summed E-state index contributed by atoms with van der Waals surface area (Å²) in [7, 11) is 2.27. The van der Waals surface area contributed by atoms with E-state index in [9.17, 15) is 0 Å². The summed E-state index contributed by atoms with van der Waals surface area (Å²) in [5, 5.41) is 6.92. The van der Waals surface area contributed by atoms with Crippen molar-refractivity contribution >= 4 is 11.3 Å². The summed E-state index contributed by atoms with van der Waals surface area (Å²) in [5.41, 5.74) is 1.24. The summed E-state index contributed by atoms with van der Waals surface area (Å²) in [4.78, 5) is 7.30. The Kier molecular flexibility index (Phi) is 6.65. The van der Waals surface area contributed by atoms with Gasteiger partial charge in [0.2, 0.25) is 0 Å². The quantitative estimate of drug-likeness (QED) is 0.828. The SMILES string of the molecule is CC(C)CNCc1nc(CN(C)C2CCCCC2C)cs1. The standard InChI is InChI=1S/C17H31N3S/c1-13(2)9-18-10-17-19-15(12-21-17)11-20(4)16-8-6-5-7-14(16)3/h12-14,16,18H,5-11H2,1-4H3. The second kappa shape index (κ2) is 8.25. The molecule has 120 valence electrons. The molecule has 0 saturated heterocycles. The van der Waals surface area contributed by atoms with E-state index in [1.807, 2.05) is 0 Å². The van der Waals surface area contributed by atoms with Crippen LogP contribution in [0, 0.1) is 11.8 Å². The Morgan fingerprint density at radius 3 is 2.86 bits per heavy atom. The van der Waals surface area contributed by atoms with Gasteiger partial charge in [-0.2, -0.15) is 0 Å². The Morgan fingerprint density at radius 2 is 2.14 bits per heavy atom. The summed E-state index contributed by atoms with van der Waals surface area (Å²) in [6.45, 7) is 9.85. The highest BCUT2D eigenvalue weighted by atomic mass is 32.1. The lowest BCUT2D eigenvalue weighted by Gasteiger charge is -2.35. The molecule has 1 heterocycles. The number of hydrogen-bond acceptors (Lipinski definition) is 4. The molecule has 2 unspecified atom stereocenters. The van der Waals surface area contributed by atoms with Crippen molar-refractivity contribution in [3.63, 3.8) is 0 Å². The molecule has 2 atom stereocenters. The van der Waals surface area contributed by atoms with Crippen molar-refractivity contribution in [2.24, 2.45) is 11.8 Å². The molecule has 1 aliphatic carbocycles. The molecule has 0 bridgehead atoms. The highest BCUT2D eigenvalue weighted by molar-refractivity contribution is 7.09. The van der Waals surface area contributed by atoms with E-state index in [0.717, 1.165) is 31.6 Å². The van der Waals surface area contributed by atoms with Gasteiger partial charge in [-0.3, -0.25) is 4.90 Å². The zero-order valence-corrected chi connectivity index (χ0v) is 14.9. The van der Waals surface area contributed by atoms with Gasteiger partial charge in [0.05, 0.1) is 5.69 Å². The van der Waals surface area contributed by atoms with E-state index in [1.165, 1.54) is 36.4 Å². The molecule has 0 aliphatic heterocycles. The first kappa shape index (κ1) is 16.9. The van der Waals surface area contributed by atoms with E-state index in [2.05, 4.69) is 43.4 Å². The molecule has 21 heavy (non-hydrogen) atoms. The minimum atomic E-state index is 0.698. The topological polar surface area (TPSA) is 28.2 Å². The van der Waals surface area contributed by atoms with Crippen molar-refractivity contribution in [1.29, 1.82) is 0 Å². The first-order valence-corrected chi connectivity index (χ1v) is 9.28. The molecule has 3 nitrogen and oxygen atoms in total. The zero-order chi connectivity index (χ0) is 15.2. The molecule has 0 aromatic carbocycles. The highest BCUT2D eigenvalue weighted by Crippen LogP contribution is 2.28. The van der Waals surface area contributed by atoms with E-state index in [0.29, 0.717) is 5.92 Å². The Bertz CT molecular complexity index is 416. The first-order valence-electron chi connectivity index (χ1n) is 8.40. The summed E-state index contributed by atoms with van der Waals surface area (Å²) in [5.74, 6) is 1.53. The van der Waals surface area contributed by atoms with Gasteiger partial charge in [-0.1, -0.05) is 33.6 Å². The molecular weight excluding hydrogens is 278 g/mol. The van der Waals surface area contributed by atoms with Gasteiger partial charge in [-0.25, -0.2) is 4.98 Å². The highest BCUT2D eigenvalue weighted by Gasteiger charge is 2.25. The van der Waals surface area contributed by atoms with Gasteiger partial charge in [0.25, 0.3) is 0 Å². The van der Waals surface area contributed by atoms with E-state index in [-0.39, 0.29) is 0 Å². The van der Waals surface area contributed by atoms with Crippen LogP contribution in [0.4, 0.5) is 0 Å². The zero-order valence-electron chi connectivity index (χ0n) is 14.1. The van der Waals surface area contributed by atoms with Gasteiger partial charge in [0.1, 0.15) is 5.01 Å². The van der Waals surface area contributed by atoms with Gasteiger partial charge >= 0.3 is 0 Å². The maximum atomic E-state index is 4.78. The lowest BCUT2D eigenvalue weighted by atomic mass is 9.85. The molecule has 1 saturated carbocycles. The fourth-order valence-electron chi connectivity index (χ4n) is 3.29. The maximum Gasteiger partial charge on any atom is 0.107 e. The fourth-order valence-corrected chi connectivity index (χ4v) is 4.05. The molecule has 4 heteroatoms. The molecule has 1 aromatic rings. The predicted molar refractivity (Wildman–Crippen MR) is 91.5 cm³/mol. The minimum Gasteiger partial charge on any atom is -0.310 e. The van der Waals surface area contributed by atoms with E-state index in [1.54, 1.807) is 11.3 Å². The molecule has 0 amide bonds. The van der Waals surface area contributed by atoms with Crippen molar-refractivity contribution < 1.29 is 0 Å². The molecule has 1 N–H and O–H groups in total. The molecule has 1 aromatic heterocycles. The third kappa shape index (κ3) is 5.35. The van der Waals surface area contributed by atoms with Crippen LogP contribution in [0.2, 0.25) is 0 Å². The largest absolute Gasteiger partial charge is 0.310 e. The summed E-state index contributed by atoms with van der Waals surface area (Å²) < 4.78 is 0. The normalized spacial score (nSPS) is 23.1. The molecule has 1 aliphatic rings. The van der Waals surface area contributed by atoms with Crippen LogP contribution in [0.15, 0.2) is 5.38 Å². The predicted octanol–water partition coefficient (Wildman–Crippen LogP) is 3.90. The summed E-state index contributed by atoms with van der Waals surface area (Å²) >= 11 is 1.79. The van der Waals surface area contributed by atoms with Crippen molar-refractivity contribution in [1.82, 2.24) is 15.2 Å². The van der Waals surface area contributed by atoms with E-state index < -0.39 is 0 Å². The smallest absolute Gasteiger partial charge is 0.107 e. The molecule has 1 fully saturated rings. The van der Waals surface area contributed by atoms with E-state index in [4.69, 9.17) is 4.98 Å². The molecule has 2 rings (SSSR count). The van der Waals surface area contributed by atoms with Crippen LogP contribution < -0.4 is 5.32 Å². The lowest BCUT2D eigenvalue weighted by Crippen LogP contribution is -2.38. The van der Waals surface area contributed by atoms with Crippen LogP contribution >= 0.6 is 11.3 Å². The van der Waals surface area contributed by atoms with Gasteiger partial charge in [0.15, 0.2) is 0 Å². The third-order valence-corrected chi connectivity index (χ3v) is 5.37. The van der Waals surface area contributed by atoms with Crippen molar-refractivity contribution in [3.8, 4) is 0 Å². The van der Waals surface area contributed by atoms with Crippen LogP contribution in [0.25, 0.3) is 0 Å². The monoisotopic (exact) mass is 309 g/mol. The summed E-state index contributed by atoms with van der Waals surface area (Å²) in [6, 6.07) is 0.739. The van der Waals surface area contributed by atoms with Crippen LogP contribution in [-0.4, -0.2) is 29.5 Å². The van der Waals surface area contributed by atoms with Crippen molar-refractivity contribution in [2.45, 2.75) is 65.6 Å². The number of rotatable bonds is 7. The first-order chi connectivity index (χ1) is 10.1. The van der Waals surface area contributed by atoms with Crippen molar-refractivity contribution in [2.75, 3.05) is 13.6 Å². The van der Waals surface area contributed by atoms with Crippen LogP contribution in [0.3, 0.4) is 0 Å². The minimum absolute atomic E-state index is 0.698. The Morgan fingerprint density at radius 1 is 1.38 bits per heavy atom. The Hall–Kier alpha value is -0.450. The number of hydrogen-bond donors (Lipinski definition) is 1. The van der Waals surface area contributed by atoms with Gasteiger partial charge in [0, 0.05) is 24.5 Å². The number of aromatic nitrogens is 1. The average Bonchev–Trinajstić information content (AvgIpc) is 2.86. The third-order valence-electron chi connectivity index (χ3n) is 4.47. The lowest BCUT2D eigenvalue weighted by molar-refractivity contribution is 0.132. The molecule has 0 radical (unpaired) electrons. The second-order valence-electron chi connectivity index (χ2n) is 7.00. The fraction of sp³-hybridized carbons (Fsp3) is 0.824. The molecular formula is C17H31N3S. The number of thiazole rings is 1. The van der Waals surface area contributed by atoms with Crippen molar-refractivity contribution in [3.05, 3.63) is 16.1 Å². The van der Waals surface area contributed by atoms with Gasteiger partial charge in [-0.05, 0) is 38.3 Å². The Balaban J connectivity index is 1.81. The van der Waals surface area contributed by atoms with Gasteiger partial charge < -0.3 is 5.32 Å². The maximum absolute atomic E-state index is 4.78. The number of nitrogens with zero attached hydrogens (tertiary/aromatic N) is 2. The average molecular weight is 310 g/mol. The van der Waals surface area contributed by atoms with Crippen LogP contribution in [-0.2, 0) is 13.1 Å². The van der Waals surface area contributed by atoms with E-state index >= 15 is 0 Å². The number of nitrogens with one attached hydrogen (secondary N) is 1. The second-order valence-corrected chi connectivity index (χ2v) is 7.94. The van der Waals surface area contributed by atoms with Gasteiger partial charge in [-0.15, -0.1) is 11.3 Å². The van der Waals surface area contributed by atoms with Crippen LogP contribution in [0.5, 0.6) is 0 Å².